The van der Waals surface area contributed by atoms with Crippen LogP contribution in [-0.2, 0) is 9.47 Å². The number of nitrogens with one attached hydrogen (secondary N) is 2. The average molecular weight is 403 g/mol. The number of unbranched alkanes of at least 4 members (excludes halogenated alkanes) is 1. The van der Waals surface area contributed by atoms with Gasteiger partial charge in [-0.15, -0.1) is 0 Å². The summed E-state index contributed by atoms with van der Waals surface area (Å²) in [6.45, 7) is 2.54. The largest absolute Gasteiger partial charge is 0.435 e. The molecule has 0 fully saturated rings. The Morgan fingerprint density at radius 3 is 2.50 bits per heavy atom. The molecule has 1 aromatic rings. The van der Waals surface area contributed by atoms with Crippen LogP contribution in [0, 0.1) is 0 Å². The Kier molecular flexibility index (Phi) is 12.9. The van der Waals surface area contributed by atoms with E-state index < -0.39 is 12.7 Å². The third-order valence-corrected chi connectivity index (χ3v) is 3.70. The first-order chi connectivity index (χ1) is 13.6. The minimum absolute atomic E-state index is 0.0515. The Morgan fingerprint density at radius 2 is 1.86 bits per heavy atom. The summed E-state index contributed by atoms with van der Waals surface area (Å²) in [5.41, 5.74) is 0.578. The van der Waals surface area contributed by atoms with Crippen LogP contribution in [0.3, 0.4) is 0 Å². The van der Waals surface area contributed by atoms with Gasteiger partial charge in [-0.2, -0.15) is 8.78 Å². The number of guanidine groups is 1. The first-order valence-corrected chi connectivity index (χ1v) is 9.38. The molecule has 9 heteroatoms. The number of hydrogen-bond acceptors (Lipinski definition) is 5. The van der Waals surface area contributed by atoms with Gasteiger partial charge in [0.1, 0.15) is 5.75 Å². The highest BCUT2D eigenvalue weighted by Gasteiger charge is 2.09. The first-order valence-electron chi connectivity index (χ1n) is 9.38. The fourth-order valence-corrected chi connectivity index (χ4v) is 2.28. The highest BCUT2D eigenvalue weighted by Crippen LogP contribution is 2.19. The number of hydrogen-bond donors (Lipinski definition) is 3. The molecule has 0 saturated carbocycles. The van der Waals surface area contributed by atoms with Gasteiger partial charge in [-0.3, -0.25) is 4.99 Å². The summed E-state index contributed by atoms with van der Waals surface area (Å²) in [4.78, 5) is 4.36. The molecule has 0 heterocycles. The maximum Gasteiger partial charge on any atom is 0.387 e. The second kappa shape index (κ2) is 15.0. The predicted octanol–water partition coefficient (Wildman–Crippen LogP) is 2.32. The Labute approximate surface area is 165 Å². The topological polar surface area (TPSA) is 84.3 Å². The number of nitrogens with zero attached hydrogens (tertiary/aromatic N) is 1. The average Bonchev–Trinajstić information content (AvgIpc) is 2.68. The van der Waals surface area contributed by atoms with Crippen molar-refractivity contribution in [3.05, 3.63) is 29.8 Å². The van der Waals surface area contributed by atoms with Gasteiger partial charge < -0.3 is 30.0 Å². The van der Waals surface area contributed by atoms with Crippen molar-refractivity contribution in [3.63, 3.8) is 0 Å². The second-order valence-electron chi connectivity index (χ2n) is 5.92. The summed E-state index contributed by atoms with van der Waals surface area (Å²) in [5, 5.41) is 16.6. The van der Waals surface area contributed by atoms with Gasteiger partial charge in [0.25, 0.3) is 0 Å². The Bertz CT molecular complexity index is 544. The molecule has 3 N–H and O–H groups in total. The first kappa shape index (κ1) is 24.1. The van der Waals surface area contributed by atoms with Crippen molar-refractivity contribution in [3.8, 4) is 5.75 Å². The van der Waals surface area contributed by atoms with Gasteiger partial charge in [0.2, 0.25) is 0 Å². The SMILES string of the molecule is CCNC(=NCC(O)c1ccc(OC(F)F)cc1)NCCCCOCCOC. The molecule has 28 heavy (non-hydrogen) atoms. The minimum atomic E-state index is -2.87. The number of methoxy groups -OCH3 is 1. The number of aliphatic imine (C=N–C) groups is 1. The Hall–Kier alpha value is -1.97. The van der Waals surface area contributed by atoms with Gasteiger partial charge in [0.05, 0.1) is 25.9 Å². The summed E-state index contributed by atoms with van der Waals surface area (Å²) in [6, 6.07) is 5.88. The molecule has 0 bridgehead atoms. The summed E-state index contributed by atoms with van der Waals surface area (Å²) in [7, 11) is 1.64. The standard InChI is InChI=1S/C19H31F2N3O4/c1-3-22-19(23-10-4-5-11-27-13-12-26-2)24-14-17(25)15-6-8-16(9-7-15)28-18(20)21/h6-9,17-18,25H,3-5,10-14H2,1-2H3,(H2,22,23,24). The molecule has 1 aromatic carbocycles. The number of ether oxygens (including phenoxy) is 3. The third kappa shape index (κ3) is 11.0. The van der Waals surface area contributed by atoms with Crippen molar-refractivity contribution in [2.75, 3.05) is 46.6 Å². The lowest BCUT2D eigenvalue weighted by atomic mass is 10.1. The molecule has 0 aliphatic heterocycles. The highest BCUT2D eigenvalue weighted by atomic mass is 19.3. The van der Waals surface area contributed by atoms with E-state index in [0.717, 1.165) is 19.4 Å². The summed E-state index contributed by atoms with van der Waals surface area (Å²) in [6.07, 6.45) is 1.00. The van der Waals surface area contributed by atoms with Crippen LogP contribution in [0.15, 0.2) is 29.3 Å². The van der Waals surface area contributed by atoms with Crippen LogP contribution >= 0.6 is 0 Å². The molecule has 160 valence electrons. The van der Waals surface area contributed by atoms with E-state index in [1.807, 2.05) is 6.92 Å². The number of halogens is 2. The molecule has 0 aliphatic carbocycles. The fourth-order valence-electron chi connectivity index (χ4n) is 2.28. The summed E-state index contributed by atoms with van der Waals surface area (Å²) >= 11 is 0. The molecule has 1 rings (SSSR count). The molecule has 1 atom stereocenters. The Balaban J connectivity index is 2.37. The van der Waals surface area contributed by atoms with Gasteiger partial charge >= 0.3 is 6.61 Å². The lowest BCUT2D eigenvalue weighted by Gasteiger charge is -2.14. The van der Waals surface area contributed by atoms with Gasteiger partial charge in [-0.05, 0) is 37.5 Å². The molecule has 0 spiro atoms. The van der Waals surface area contributed by atoms with E-state index in [9.17, 15) is 13.9 Å². The van der Waals surface area contributed by atoms with E-state index in [4.69, 9.17) is 9.47 Å². The summed E-state index contributed by atoms with van der Waals surface area (Å²) < 4.78 is 38.9. The van der Waals surface area contributed by atoms with Crippen LogP contribution in [0.2, 0.25) is 0 Å². The minimum Gasteiger partial charge on any atom is -0.435 e. The highest BCUT2D eigenvalue weighted by molar-refractivity contribution is 5.79. The molecule has 0 aliphatic rings. The van der Waals surface area contributed by atoms with E-state index in [-0.39, 0.29) is 12.3 Å². The van der Waals surface area contributed by atoms with Crippen LogP contribution in [0.5, 0.6) is 5.75 Å². The second-order valence-corrected chi connectivity index (χ2v) is 5.92. The lowest BCUT2D eigenvalue weighted by Crippen LogP contribution is -2.38. The van der Waals surface area contributed by atoms with Crippen molar-refractivity contribution in [1.29, 1.82) is 0 Å². The van der Waals surface area contributed by atoms with E-state index >= 15 is 0 Å². The lowest BCUT2D eigenvalue weighted by molar-refractivity contribution is -0.0498. The van der Waals surface area contributed by atoms with E-state index in [2.05, 4.69) is 20.4 Å². The molecule has 0 amide bonds. The summed E-state index contributed by atoms with van der Waals surface area (Å²) in [5.74, 6) is 0.662. The quantitative estimate of drug-likeness (QED) is 0.251. The van der Waals surface area contributed by atoms with Crippen molar-refractivity contribution >= 4 is 5.96 Å². The van der Waals surface area contributed by atoms with E-state index in [0.29, 0.717) is 37.9 Å². The van der Waals surface area contributed by atoms with Crippen molar-refractivity contribution in [1.82, 2.24) is 10.6 Å². The van der Waals surface area contributed by atoms with Crippen LogP contribution in [0.25, 0.3) is 0 Å². The van der Waals surface area contributed by atoms with Gasteiger partial charge in [-0.25, -0.2) is 0 Å². The van der Waals surface area contributed by atoms with Gasteiger partial charge in [-0.1, -0.05) is 12.1 Å². The predicted molar refractivity (Wildman–Crippen MR) is 104 cm³/mol. The fraction of sp³-hybridized carbons (Fsp3) is 0.632. The number of benzene rings is 1. The van der Waals surface area contributed by atoms with Crippen LogP contribution in [-0.4, -0.2) is 64.2 Å². The maximum absolute atomic E-state index is 12.2. The third-order valence-electron chi connectivity index (χ3n) is 3.70. The number of alkyl halides is 2. The zero-order valence-electron chi connectivity index (χ0n) is 16.5. The van der Waals surface area contributed by atoms with Crippen molar-refractivity contribution in [2.45, 2.75) is 32.5 Å². The van der Waals surface area contributed by atoms with Gasteiger partial charge in [0.15, 0.2) is 5.96 Å². The smallest absolute Gasteiger partial charge is 0.387 e. The van der Waals surface area contributed by atoms with E-state index in [1.165, 1.54) is 12.1 Å². The van der Waals surface area contributed by atoms with Crippen LogP contribution in [0.1, 0.15) is 31.4 Å². The molecule has 0 radical (unpaired) electrons. The van der Waals surface area contributed by atoms with E-state index in [1.54, 1.807) is 19.2 Å². The van der Waals surface area contributed by atoms with Gasteiger partial charge in [0, 0.05) is 26.8 Å². The molecule has 1 unspecified atom stereocenters. The van der Waals surface area contributed by atoms with Crippen molar-refractivity contribution in [2.24, 2.45) is 4.99 Å². The normalized spacial score (nSPS) is 12.9. The zero-order valence-corrected chi connectivity index (χ0v) is 16.5. The number of aliphatic hydroxyl groups is 1. The Morgan fingerprint density at radius 1 is 1.11 bits per heavy atom. The monoisotopic (exact) mass is 403 g/mol. The molecule has 0 aromatic heterocycles. The van der Waals surface area contributed by atoms with Crippen molar-refractivity contribution < 1.29 is 28.1 Å². The maximum atomic E-state index is 12.2. The molecule has 0 saturated heterocycles. The molecule has 7 nitrogen and oxygen atoms in total. The van der Waals surface area contributed by atoms with Crippen LogP contribution in [0.4, 0.5) is 8.78 Å². The van der Waals surface area contributed by atoms with Crippen LogP contribution < -0.4 is 15.4 Å². The molecular weight excluding hydrogens is 372 g/mol. The number of aliphatic hydroxyl groups excluding tert-OH is 1. The number of rotatable bonds is 14. The zero-order chi connectivity index (χ0) is 20.6. The molecular formula is C19H31F2N3O4.